The van der Waals surface area contributed by atoms with Gasteiger partial charge in [0.1, 0.15) is 12.4 Å². The predicted octanol–water partition coefficient (Wildman–Crippen LogP) is 3.46. The Bertz CT molecular complexity index is 1020. The fourth-order valence-electron chi connectivity index (χ4n) is 3.53. The number of fused-ring (bicyclic) bond motifs is 3. The first-order chi connectivity index (χ1) is 12.3. The molecule has 0 aliphatic carbocycles. The van der Waals surface area contributed by atoms with Crippen molar-refractivity contribution in [3.05, 3.63) is 46.0 Å². The van der Waals surface area contributed by atoms with Gasteiger partial charge in [-0.15, -0.1) is 0 Å². The van der Waals surface area contributed by atoms with Crippen molar-refractivity contribution in [1.29, 1.82) is 0 Å². The molecule has 0 aliphatic heterocycles. The molecule has 0 amide bonds. The average Bonchev–Trinajstić information content (AvgIpc) is 2.57. The zero-order chi connectivity index (χ0) is 19.0. The number of ether oxygens (including phenoxy) is 1. The Morgan fingerprint density at radius 3 is 2.65 bits per heavy atom. The van der Waals surface area contributed by atoms with Crippen LogP contribution in [0.25, 0.3) is 21.7 Å². The Balaban J connectivity index is 2.10. The summed E-state index contributed by atoms with van der Waals surface area (Å²) < 4.78 is 7.66. The Kier molecular flexibility index (Phi) is 5.01. The van der Waals surface area contributed by atoms with Gasteiger partial charge in [-0.25, -0.2) is 0 Å². The zero-order valence-corrected chi connectivity index (χ0v) is 16.2. The van der Waals surface area contributed by atoms with Gasteiger partial charge in [-0.1, -0.05) is 13.8 Å². The summed E-state index contributed by atoms with van der Waals surface area (Å²) in [5.41, 5.74) is 8.74. The van der Waals surface area contributed by atoms with Gasteiger partial charge in [0.15, 0.2) is 0 Å². The van der Waals surface area contributed by atoms with Gasteiger partial charge in [0.05, 0.1) is 16.6 Å². The van der Waals surface area contributed by atoms with Crippen LogP contribution >= 0.6 is 0 Å². The highest BCUT2D eigenvalue weighted by atomic mass is 16.5. The maximum atomic E-state index is 12.8. The first kappa shape index (κ1) is 18.4. The topological polar surface area (TPSA) is 70.1 Å². The van der Waals surface area contributed by atoms with Crippen LogP contribution in [0.15, 0.2) is 29.2 Å². The molecule has 2 N–H and O–H groups in total. The molecule has 0 spiro atoms. The molecule has 0 saturated heterocycles. The Morgan fingerprint density at radius 2 is 1.96 bits per heavy atom. The summed E-state index contributed by atoms with van der Waals surface area (Å²) in [6.07, 6.45) is 2.67. The monoisotopic (exact) mass is 353 g/mol. The third-order valence-corrected chi connectivity index (χ3v) is 4.83. The summed E-state index contributed by atoms with van der Waals surface area (Å²) in [6, 6.07) is 5.94. The minimum absolute atomic E-state index is 0.000700. The van der Waals surface area contributed by atoms with Crippen molar-refractivity contribution >= 4 is 21.7 Å². The van der Waals surface area contributed by atoms with Crippen molar-refractivity contribution in [2.45, 2.75) is 40.2 Å². The molecule has 3 aromatic rings. The lowest BCUT2D eigenvalue weighted by Crippen LogP contribution is -2.29. The Hall–Kier alpha value is -2.40. The minimum Gasteiger partial charge on any atom is -0.492 e. The maximum Gasteiger partial charge on any atom is 0.260 e. The maximum absolute atomic E-state index is 12.8. The smallest absolute Gasteiger partial charge is 0.260 e. The van der Waals surface area contributed by atoms with E-state index < -0.39 is 0 Å². The fourth-order valence-corrected chi connectivity index (χ4v) is 3.53. The van der Waals surface area contributed by atoms with Crippen molar-refractivity contribution in [3.63, 3.8) is 0 Å². The highest BCUT2D eigenvalue weighted by molar-refractivity contribution is 6.06. The number of hydrogen-bond acceptors (Lipinski definition) is 4. The standard InChI is InChI=1S/C21H27N3O2/c1-12(2)8-15(22)11-26-19-10-18-17(9-13(19)3)16-6-7-23-14(4)20(16)21(25)24(18)5/h6-7,9-10,12,15H,8,11,22H2,1-5H3. The molecule has 26 heavy (non-hydrogen) atoms. The summed E-state index contributed by atoms with van der Waals surface area (Å²) in [5, 5.41) is 2.64. The second kappa shape index (κ2) is 7.08. The van der Waals surface area contributed by atoms with Crippen LogP contribution in [-0.4, -0.2) is 22.2 Å². The van der Waals surface area contributed by atoms with Crippen molar-refractivity contribution in [2.75, 3.05) is 6.61 Å². The predicted molar refractivity (Wildman–Crippen MR) is 107 cm³/mol. The van der Waals surface area contributed by atoms with Crippen molar-refractivity contribution in [3.8, 4) is 5.75 Å². The summed E-state index contributed by atoms with van der Waals surface area (Å²) in [6.45, 7) is 8.66. The number of nitrogens with two attached hydrogens (primary N) is 1. The summed E-state index contributed by atoms with van der Waals surface area (Å²) in [5.74, 6) is 1.31. The normalized spacial score (nSPS) is 12.9. The van der Waals surface area contributed by atoms with Gasteiger partial charge in [-0.05, 0) is 49.3 Å². The summed E-state index contributed by atoms with van der Waals surface area (Å²) in [7, 11) is 1.79. The lowest BCUT2D eigenvalue weighted by atomic mass is 10.0. The second-order valence-electron chi connectivity index (χ2n) is 7.52. The van der Waals surface area contributed by atoms with Crippen molar-refractivity contribution < 1.29 is 4.74 Å². The lowest BCUT2D eigenvalue weighted by Gasteiger charge is -2.18. The molecule has 3 rings (SSSR count). The third-order valence-electron chi connectivity index (χ3n) is 4.83. The number of aromatic nitrogens is 2. The molecule has 5 nitrogen and oxygen atoms in total. The van der Waals surface area contributed by atoms with Crippen LogP contribution in [0.4, 0.5) is 0 Å². The number of benzene rings is 1. The molecule has 2 aromatic heterocycles. The highest BCUT2D eigenvalue weighted by Crippen LogP contribution is 2.30. The number of rotatable bonds is 5. The molecule has 5 heteroatoms. The molecule has 0 bridgehead atoms. The van der Waals surface area contributed by atoms with Gasteiger partial charge >= 0.3 is 0 Å². The third kappa shape index (κ3) is 3.31. The van der Waals surface area contributed by atoms with E-state index in [9.17, 15) is 4.79 Å². The zero-order valence-electron chi connectivity index (χ0n) is 16.2. The molecule has 0 fully saturated rings. The van der Waals surface area contributed by atoms with Crippen LogP contribution in [0.3, 0.4) is 0 Å². The largest absolute Gasteiger partial charge is 0.492 e. The van der Waals surface area contributed by atoms with Crippen LogP contribution in [0.5, 0.6) is 5.75 Å². The fraction of sp³-hybridized carbons (Fsp3) is 0.429. The summed E-state index contributed by atoms with van der Waals surface area (Å²) >= 11 is 0. The molecular formula is C21H27N3O2. The van der Waals surface area contributed by atoms with Gasteiger partial charge in [-0.3, -0.25) is 9.78 Å². The van der Waals surface area contributed by atoms with E-state index in [1.54, 1.807) is 17.8 Å². The van der Waals surface area contributed by atoms with Gasteiger partial charge in [0.25, 0.3) is 5.56 Å². The molecule has 138 valence electrons. The summed E-state index contributed by atoms with van der Waals surface area (Å²) in [4.78, 5) is 17.1. The molecular weight excluding hydrogens is 326 g/mol. The van der Waals surface area contributed by atoms with Gasteiger partial charge in [0, 0.05) is 30.7 Å². The van der Waals surface area contributed by atoms with Gasteiger partial charge in [-0.2, -0.15) is 0 Å². The number of nitrogens with zero attached hydrogens (tertiary/aromatic N) is 2. The minimum atomic E-state index is -0.0376. The van der Waals surface area contributed by atoms with E-state index in [2.05, 4.69) is 24.9 Å². The van der Waals surface area contributed by atoms with Crippen LogP contribution in [0.1, 0.15) is 31.5 Å². The van der Waals surface area contributed by atoms with E-state index in [0.29, 0.717) is 17.9 Å². The van der Waals surface area contributed by atoms with E-state index in [1.165, 1.54) is 0 Å². The second-order valence-corrected chi connectivity index (χ2v) is 7.52. The lowest BCUT2D eigenvalue weighted by molar-refractivity contribution is 0.270. The van der Waals surface area contributed by atoms with Crippen LogP contribution < -0.4 is 16.0 Å². The molecule has 1 unspecified atom stereocenters. The Morgan fingerprint density at radius 1 is 1.23 bits per heavy atom. The first-order valence-electron chi connectivity index (χ1n) is 9.06. The van der Waals surface area contributed by atoms with Crippen LogP contribution in [-0.2, 0) is 7.05 Å². The number of pyridine rings is 2. The molecule has 0 radical (unpaired) electrons. The van der Waals surface area contributed by atoms with E-state index >= 15 is 0 Å². The first-order valence-corrected chi connectivity index (χ1v) is 9.06. The van der Waals surface area contributed by atoms with Gasteiger partial charge < -0.3 is 15.0 Å². The SMILES string of the molecule is Cc1cc2c3ccnc(C)c3c(=O)n(C)c2cc1OCC(N)CC(C)C. The van der Waals surface area contributed by atoms with Crippen molar-refractivity contribution in [2.24, 2.45) is 18.7 Å². The van der Waals surface area contributed by atoms with Crippen LogP contribution in [0, 0.1) is 19.8 Å². The van der Waals surface area contributed by atoms with Crippen LogP contribution in [0.2, 0.25) is 0 Å². The van der Waals surface area contributed by atoms with E-state index in [-0.39, 0.29) is 11.6 Å². The average molecular weight is 353 g/mol. The number of aryl methyl sites for hydroxylation is 3. The highest BCUT2D eigenvalue weighted by Gasteiger charge is 2.14. The molecule has 2 heterocycles. The van der Waals surface area contributed by atoms with Gasteiger partial charge in [0.2, 0.25) is 0 Å². The molecule has 1 atom stereocenters. The Labute approximate surface area is 153 Å². The van der Waals surface area contributed by atoms with E-state index in [4.69, 9.17) is 10.5 Å². The molecule has 0 aliphatic rings. The molecule has 1 aromatic carbocycles. The van der Waals surface area contributed by atoms with Crippen molar-refractivity contribution in [1.82, 2.24) is 9.55 Å². The van der Waals surface area contributed by atoms with E-state index in [1.807, 2.05) is 26.0 Å². The van der Waals surface area contributed by atoms with E-state index in [0.717, 1.165) is 39.7 Å². The number of hydrogen-bond donors (Lipinski definition) is 1. The quantitative estimate of drug-likeness (QED) is 0.713. The molecule has 0 saturated carbocycles.